The molecule has 0 aromatic heterocycles. The second-order valence-electron chi connectivity index (χ2n) is 5.53. The summed E-state index contributed by atoms with van der Waals surface area (Å²) in [5.41, 5.74) is 0. The molecule has 0 bridgehead atoms. The Balaban J connectivity index is 2.00. The molecule has 1 saturated heterocycles. The van der Waals surface area contributed by atoms with Crippen LogP contribution in [0.2, 0.25) is 0 Å². The van der Waals surface area contributed by atoms with Crippen LogP contribution < -0.4 is 5.32 Å². The lowest BCUT2D eigenvalue weighted by molar-refractivity contribution is 0.129. The van der Waals surface area contributed by atoms with Gasteiger partial charge in [-0.15, -0.1) is 0 Å². The fraction of sp³-hybridized carbons (Fsp3) is 1.00. The van der Waals surface area contributed by atoms with E-state index >= 15 is 0 Å². The average Bonchev–Trinajstić information content (AvgIpc) is 2.38. The maximum Gasteiger partial charge on any atom is 0.215 e. The highest BCUT2D eigenvalue weighted by molar-refractivity contribution is 7.89. The molecule has 0 spiro atoms. The first-order valence-corrected chi connectivity index (χ1v) is 8.96. The third kappa shape index (κ3) is 3.25. The Bertz CT molecular complexity index is 354. The van der Waals surface area contributed by atoms with Gasteiger partial charge in [0.25, 0.3) is 0 Å². The Kier molecular flexibility index (Phi) is 5.04. The second-order valence-corrected chi connectivity index (χ2v) is 7.58. The van der Waals surface area contributed by atoms with E-state index < -0.39 is 10.0 Å². The summed E-state index contributed by atoms with van der Waals surface area (Å²) in [5, 5.41) is 3.11. The largest absolute Gasteiger partial charge is 0.316 e. The van der Waals surface area contributed by atoms with Gasteiger partial charge in [0.15, 0.2) is 0 Å². The molecule has 2 fully saturated rings. The molecule has 1 aliphatic heterocycles. The first kappa shape index (κ1) is 14.3. The van der Waals surface area contributed by atoms with Gasteiger partial charge in [0, 0.05) is 19.1 Å². The van der Waals surface area contributed by atoms with E-state index in [1.165, 1.54) is 25.7 Å². The van der Waals surface area contributed by atoms with Crippen LogP contribution >= 0.6 is 0 Å². The van der Waals surface area contributed by atoms with E-state index in [9.17, 15) is 8.42 Å². The Morgan fingerprint density at radius 1 is 1.17 bits per heavy atom. The van der Waals surface area contributed by atoms with Gasteiger partial charge in [-0.05, 0) is 38.1 Å². The molecule has 0 aromatic rings. The second kappa shape index (κ2) is 6.35. The van der Waals surface area contributed by atoms with Crippen LogP contribution in [0.4, 0.5) is 0 Å². The third-order valence-electron chi connectivity index (χ3n) is 4.34. The minimum absolute atomic E-state index is 0.254. The first-order chi connectivity index (χ1) is 8.65. The number of piperidine rings is 1. The zero-order valence-corrected chi connectivity index (χ0v) is 12.2. The molecule has 1 N–H and O–H groups in total. The van der Waals surface area contributed by atoms with Crippen molar-refractivity contribution in [3.63, 3.8) is 0 Å². The van der Waals surface area contributed by atoms with Gasteiger partial charge in [-0.25, -0.2) is 8.42 Å². The van der Waals surface area contributed by atoms with Crippen molar-refractivity contribution in [2.75, 3.05) is 25.4 Å². The van der Waals surface area contributed by atoms with Crippen LogP contribution in [-0.4, -0.2) is 44.2 Å². The van der Waals surface area contributed by atoms with Gasteiger partial charge in [-0.2, -0.15) is 4.31 Å². The smallest absolute Gasteiger partial charge is 0.215 e. The molecule has 18 heavy (non-hydrogen) atoms. The fourth-order valence-electron chi connectivity index (χ4n) is 3.42. The number of hydrogen-bond donors (Lipinski definition) is 1. The molecule has 0 radical (unpaired) electrons. The van der Waals surface area contributed by atoms with Crippen LogP contribution in [0.3, 0.4) is 0 Å². The molecule has 2 atom stereocenters. The Hall–Kier alpha value is -0.130. The topological polar surface area (TPSA) is 49.4 Å². The summed E-state index contributed by atoms with van der Waals surface area (Å²) < 4.78 is 26.6. The first-order valence-electron chi connectivity index (χ1n) is 7.35. The SMILES string of the molecule is CCNCCS(=O)(=O)N1CCCC2CCCCC21. The zero-order valence-electron chi connectivity index (χ0n) is 11.4. The molecule has 4 nitrogen and oxygen atoms in total. The van der Waals surface area contributed by atoms with Gasteiger partial charge in [-0.3, -0.25) is 0 Å². The predicted octanol–water partition coefficient (Wildman–Crippen LogP) is 1.58. The van der Waals surface area contributed by atoms with Crippen molar-refractivity contribution in [2.24, 2.45) is 5.92 Å². The van der Waals surface area contributed by atoms with Crippen molar-refractivity contribution in [1.82, 2.24) is 9.62 Å². The van der Waals surface area contributed by atoms with E-state index in [1.807, 2.05) is 11.2 Å². The molecule has 2 unspecified atom stereocenters. The maximum absolute atomic E-state index is 12.4. The van der Waals surface area contributed by atoms with Crippen molar-refractivity contribution < 1.29 is 8.42 Å². The number of rotatable bonds is 5. The quantitative estimate of drug-likeness (QED) is 0.774. The number of sulfonamides is 1. The van der Waals surface area contributed by atoms with Gasteiger partial charge >= 0.3 is 0 Å². The van der Waals surface area contributed by atoms with Crippen LogP contribution in [0.5, 0.6) is 0 Å². The lowest BCUT2D eigenvalue weighted by Gasteiger charge is -2.43. The van der Waals surface area contributed by atoms with Crippen molar-refractivity contribution in [2.45, 2.75) is 51.5 Å². The molecule has 2 rings (SSSR count). The molecular weight excluding hydrogens is 248 g/mol. The normalized spacial score (nSPS) is 30.1. The van der Waals surface area contributed by atoms with Crippen LogP contribution in [0.15, 0.2) is 0 Å². The van der Waals surface area contributed by atoms with Crippen LogP contribution in [0.25, 0.3) is 0 Å². The monoisotopic (exact) mass is 274 g/mol. The Labute approximate surface area is 111 Å². The van der Waals surface area contributed by atoms with Crippen LogP contribution in [-0.2, 0) is 10.0 Å². The summed E-state index contributed by atoms with van der Waals surface area (Å²) in [6.45, 7) is 4.16. The summed E-state index contributed by atoms with van der Waals surface area (Å²) in [4.78, 5) is 0. The summed E-state index contributed by atoms with van der Waals surface area (Å²) in [5.74, 6) is 0.880. The van der Waals surface area contributed by atoms with Gasteiger partial charge in [0.05, 0.1) is 5.75 Å². The molecule has 5 heteroatoms. The van der Waals surface area contributed by atoms with Crippen LogP contribution in [0, 0.1) is 5.92 Å². The summed E-state index contributed by atoms with van der Waals surface area (Å²) in [7, 11) is -3.06. The molecule has 0 aromatic carbocycles. The third-order valence-corrected chi connectivity index (χ3v) is 6.22. The van der Waals surface area contributed by atoms with E-state index in [2.05, 4.69) is 5.32 Å². The number of nitrogens with zero attached hydrogens (tertiary/aromatic N) is 1. The molecule has 1 heterocycles. The highest BCUT2D eigenvalue weighted by Gasteiger charge is 2.38. The highest BCUT2D eigenvalue weighted by atomic mass is 32.2. The summed E-state index contributed by atoms with van der Waals surface area (Å²) >= 11 is 0. The van der Waals surface area contributed by atoms with E-state index in [0.29, 0.717) is 18.5 Å². The maximum atomic E-state index is 12.4. The summed E-state index contributed by atoms with van der Waals surface area (Å²) in [6.07, 6.45) is 7.05. The Morgan fingerprint density at radius 2 is 1.89 bits per heavy atom. The molecule has 106 valence electrons. The molecule has 1 aliphatic carbocycles. The molecule has 1 saturated carbocycles. The van der Waals surface area contributed by atoms with Crippen molar-refractivity contribution in [3.05, 3.63) is 0 Å². The van der Waals surface area contributed by atoms with E-state index in [1.54, 1.807) is 0 Å². The number of fused-ring (bicyclic) bond motifs is 1. The minimum atomic E-state index is -3.06. The molecule has 0 amide bonds. The lowest BCUT2D eigenvalue weighted by atomic mass is 9.79. The molecule has 2 aliphatic rings. The van der Waals surface area contributed by atoms with Gasteiger partial charge < -0.3 is 5.32 Å². The Morgan fingerprint density at radius 3 is 2.67 bits per heavy atom. The number of nitrogens with one attached hydrogen (secondary N) is 1. The molecular formula is C13H26N2O2S. The average molecular weight is 274 g/mol. The fourth-order valence-corrected chi connectivity index (χ4v) is 5.15. The van der Waals surface area contributed by atoms with Gasteiger partial charge in [0.1, 0.15) is 0 Å². The van der Waals surface area contributed by atoms with Crippen molar-refractivity contribution in [1.29, 1.82) is 0 Å². The van der Waals surface area contributed by atoms with E-state index in [-0.39, 0.29) is 5.75 Å². The highest BCUT2D eigenvalue weighted by Crippen LogP contribution is 2.36. The van der Waals surface area contributed by atoms with E-state index in [0.717, 1.165) is 25.9 Å². The lowest BCUT2D eigenvalue weighted by Crippen LogP contribution is -2.51. The minimum Gasteiger partial charge on any atom is -0.316 e. The van der Waals surface area contributed by atoms with Crippen molar-refractivity contribution >= 4 is 10.0 Å². The van der Waals surface area contributed by atoms with E-state index in [4.69, 9.17) is 0 Å². The van der Waals surface area contributed by atoms with Crippen molar-refractivity contribution in [3.8, 4) is 0 Å². The number of hydrogen-bond acceptors (Lipinski definition) is 3. The van der Waals surface area contributed by atoms with Crippen LogP contribution in [0.1, 0.15) is 45.4 Å². The standard InChI is InChI=1S/C13H26N2O2S/c1-2-14-9-11-18(16,17)15-10-5-7-12-6-3-4-8-13(12)15/h12-14H,2-11H2,1H3. The summed E-state index contributed by atoms with van der Waals surface area (Å²) in [6, 6.07) is 0.305. The van der Waals surface area contributed by atoms with Gasteiger partial charge in [-0.1, -0.05) is 19.8 Å². The van der Waals surface area contributed by atoms with Gasteiger partial charge in [0.2, 0.25) is 10.0 Å². The zero-order chi connectivity index (χ0) is 13.0. The predicted molar refractivity (Wildman–Crippen MR) is 74.0 cm³/mol.